The van der Waals surface area contributed by atoms with E-state index in [2.05, 4.69) is 17.1 Å². The van der Waals surface area contributed by atoms with Crippen molar-refractivity contribution in [2.75, 3.05) is 43.0 Å². The van der Waals surface area contributed by atoms with Crippen LogP contribution in [0.3, 0.4) is 0 Å². The van der Waals surface area contributed by atoms with Crippen LogP contribution >= 0.6 is 23.8 Å². The smallest absolute Gasteiger partial charge is 0.256 e. The van der Waals surface area contributed by atoms with Crippen LogP contribution in [0, 0.1) is 5.92 Å². The molecule has 2 fully saturated rings. The third-order valence-electron chi connectivity index (χ3n) is 8.05. The minimum atomic E-state index is -0.727. The average Bonchev–Trinajstić information content (AvgIpc) is 3.22. The molecule has 9 nitrogen and oxygen atoms in total. The predicted octanol–water partition coefficient (Wildman–Crippen LogP) is 5.22. The summed E-state index contributed by atoms with van der Waals surface area (Å²) >= 11 is 11.9. The van der Waals surface area contributed by atoms with Crippen molar-refractivity contribution >= 4 is 58.0 Å². The molecule has 0 aromatic heterocycles. The molecule has 0 radical (unpaired) electrons. The SMILES string of the molecule is CCCCCCOc1ccc(NC(=O)C[C@H]2C(=O)N(c3ccc(Cl)cc3)C(=S)N2CCCN2CCC(C(N)=O)CC2)cc1. The minimum Gasteiger partial charge on any atom is -0.494 e. The number of amides is 3. The van der Waals surface area contributed by atoms with E-state index in [9.17, 15) is 14.4 Å². The number of nitrogens with one attached hydrogen (secondary N) is 1. The zero-order valence-electron chi connectivity index (χ0n) is 24.8. The molecule has 232 valence electrons. The number of unbranched alkanes of at least 4 members (excludes halogenated alkanes) is 3. The van der Waals surface area contributed by atoms with Crippen LogP contribution in [-0.4, -0.2) is 71.5 Å². The molecule has 2 aliphatic rings. The van der Waals surface area contributed by atoms with E-state index in [4.69, 9.17) is 34.3 Å². The number of likely N-dealkylation sites (tertiary alicyclic amines) is 1. The minimum absolute atomic E-state index is 0.0389. The molecule has 0 unspecified atom stereocenters. The monoisotopic (exact) mass is 627 g/mol. The van der Waals surface area contributed by atoms with Gasteiger partial charge in [0.1, 0.15) is 11.8 Å². The Morgan fingerprint density at radius 2 is 1.70 bits per heavy atom. The Bertz CT molecular complexity index is 1250. The summed E-state index contributed by atoms with van der Waals surface area (Å²) in [6, 6.07) is 13.5. The van der Waals surface area contributed by atoms with Crippen molar-refractivity contribution in [2.45, 2.75) is 64.3 Å². The Kier molecular flexibility index (Phi) is 12.2. The first-order valence-corrected chi connectivity index (χ1v) is 16.0. The molecule has 11 heteroatoms. The highest BCUT2D eigenvalue weighted by Crippen LogP contribution is 2.29. The van der Waals surface area contributed by atoms with E-state index in [1.54, 1.807) is 36.4 Å². The molecule has 0 aliphatic carbocycles. The lowest BCUT2D eigenvalue weighted by Gasteiger charge is -2.31. The quantitative estimate of drug-likeness (QED) is 0.206. The zero-order chi connectivity index (χ0) is 30.8. The molecule has 4 rings (SSSR count). The van der Waals surface area contributed by atoms with E-state index in [-0.39, 0.29) is 30.1 Å². The van der Waals surface area contributed by atoms with E-state index >= 15 is 0 Å². The van der Waals surface area contributed by atoms with Gasteiger partial charge in [-0.25, -0.2) is 0 Å². The Labute approximate surface area is 264 Å². The Hall–Kier alpha value is -3.21. The molecule has 2 aromatic rings. The van der Waals surface area contributed by atoms with Gasteiger partial charge < -0.3 is 25.6 Å². The van der Waals surface area contributed by atoms with E-state index < -0.39 is 6.04 Å². The third kappa shape index (κ3) is 9.14. The van der Waals surface area contributed by atoms with Crippen molar-refractivity contribution < 1.29 is 19.1 Å². The lowest BCUT2D eigenvalue weighted by atomic mass is 9.96. The molecule has 0 bridgehead atoms. The van der Waals surface area contributed by atoms with Gasteiger partial charge in [0.25, 0.3) is 5.91 Å². The van der Waals surface area contributed by atoms with Crippen LogP contribution in [0.4, 0.5) is 11.4 Å². The number of rotatable bonds is 15. The summed E-state index contributed by atoms with van der Waals surface area (Å²) in [6.07, 6.45) is 6.78. The number of halogens is 1. The van der Waals surface area contributed by atoms with Gasteiger partial charge in [-0.15, -0.1) is 0 Å². The van der Waals surface area contributed by atoms with Crippen LogP contribution in [0.1, 0.15) is 58.3 Å². The number of primary amides is 1. The Morgan fingerprint density at radius 1 is 1.00 bits per heavy atom. The fraction of sp³-hybridized carbons (Fsp3) is 0.500. The van der Waals surface area contributed by atoms with Gasteiger partial charge in [-0.3, -0.25) is 19.3 Å². The summed E-state index contributed by atoms with van der Waals surface area (Å²) in [5, 5.41) is 3.85. The summed E-state index contributed by atoms with van der Waals surface area (Å²) in [5.41, 5.74) is 6.73. The molecule has 43 heavy (non-hydrogen) atoms. The van der Waals surface area contributed by atoms with Crippen molar-refractivity contribution in [1.82, 2.24) is 9.80 Å². The summed E-state index contributed by atoms with van der Waals surface area (Å²) < 4.78 is 5.80. The van der Waals surface area contributed by atoms with Gasteiger partial charge in [0, 0.05) is 23.2 Å². The molecule has 0 spiro atoms. The fourth-order valence-electron chi connectivity index (χ4n) is 5.56. The maximum Gasteiger partial charge on any atom is 0.256 e. The lowest BCUT2D eigenvalue weighted by Crippen LogP contribution is -2.41. The number of benzene rings is 2. The first kappa shape index (κ1) is 32.7. The van der Waals surface area contributed by atoms with Gasteiger partial charge in [0.15, 0.2) is 5.11 Å². The van der Waals surface area contributed by atoms with Crippen LogP contribution in [0.5, 0.6) is 5.75 Å². The number of piperidine rings is 1. The van der Waals surface area contributed by atoms with E-state index in [1.165, 1.54) is 17.7 Å². The van der Waals surface area contributed by atoms with Gasteiger partial charge in [0.2, 0.25) is 11.8 Å². The predicted molar refractivity (Wildman–Crippen MR) is 174 cm³/mol. The van der Waals surface area contributed by atoms with Crippen molar-refractivity contribution in [3.8, 4) is 5.75 Å². The van der Waals surface area contributed by atoms with Crippen LogP contribution in [0.2, 0.25) is 5.02 Å². The second-order valence-electron chi connectivity index (χ2n) is 11.2. The maximum atomic E-state index is 13.7. The zero-order valence-corrected chi connectivity index (χ0v) is 26.4. The summed E-state index contributed by atoms with van der Waals surface area (Å²) in [6.45, 7) is 5.78. The molecule has 2 aromatic carbocycles. The highest BCUT2D eigenvalue weighted by molar-refractivity contribution is 7.80. The van der Waals surface area contributed by atoms with Crippen molar-refractivity contribution in [3.63, 3.8) is 0 Å². The fourth-order valence-corrected chi connectivity index (χ4v) is 6.10. The number of nitrogens with zero attached hydrogens (tertiary/aromatic N) is 3. The average molecular weight is 628 g/mol. The van der Waals surface area contributed by atoms with Crippen LogP contribution in [-0.2, 0) is 14.4 Å². The molecule has 0 saturated carbocycles. The molecular weight excluding hydrogens is 586 g/mol. The van der Waals surface area contributed by atoms with Gasteiger partial charge in [-0.05, 0) is 106 Å². The van der Waals surface area contributed by atoms with E-state index in [0.717, 1.165) is 57.5 Å². The number of carbonyl (C=O) groups is 3. The van der Waals surface area contributed by atoms with Gasteiger partial charge in [-0.1, -0.05) is 37.8 Å². The first-order chi connectivity index (χ1) is 20.8. The number of anilines is 2. The summed E-state index contributed by atoms with van der Waals surface area (Å²) in [5.74, 6) is -0.0434. The van der Waals surface area contributed by atoms with Crippen LogP contribution < -0.4 is 20.7 Å². The third-order valence-corrected chi connectivity index (χ3v) is 8.72. The molecule has 2 heterocycles. The number of ether oxygens (including phenoxy) is 1. The lowest BCUT2D eigenvalue weighted by molar-refractivity contribution is -0.124. The van der Waals surface area contributed by atoms with Crippen molar-refractivity contribution in [2.24, 2.45) is 11.7 Å². The van der Waals surface area contributed by atoms with E-state index in [1.807, 2.05) is 17.0 Å². The van der Waals surface area contributed by atoms with E-state index in [0.29, 0.717) is 34.7 Å². The largest absolute Gasteiger partial charge is 0.494 e. The number of hydrogen-bond donors (Lipinski definition) is 2. The normalized spacial score (nSPS) is 17.9. The summed E-state index contributed by atoms with van der Waals surface area (Å²) in [4.78, 5) is 44.0. The molecule has 3 N–H and O–H groups in total. The number of hydrogen-bond acceptors (Lipinski definition) is 6. The molecule has 2 aliphatic heterocycles. The molecular formula is C32H42ClN5O4S. The topological polar surface area (TPSA) is 108 Å². The second kappa shape index (κ2) is 16.0. The highest BCUT2D eigenvalue weighted by atomic mass is 35.5. The molecule has 3 amide bonds. The standard InChI is InChI=1S/C32H42ClN5O4S/c1-2-3-4-5-21-42-27-13-9-25(10-14-27)35-29(39)22-28-31(41)38(26-11-7-24(33)8-12-26)32(43)37(28)18-6-17-36-19-15-23(16-20-36)30(34)40/h7-14,23,28H,2-6,15-22H2,1H3,(H2,34,40)(H,35,39)/t28-/m0/s1. The molecule has 1 atom stereocenters. The Morgan fingerprint density at radius 3 is 2.35 bits per heavy atom. The number of nitrogens with two attached hydrogens (primary N) is 1. The Balaban J connectivity index is 1.36. The highest BCUT2D eigenvalue weighted by Gasteiger charge is 2.44. The summed E-state index contributed by atoms with van der Waals surface area (Å²) in [7, 11) is 0. The van der Waals surface area contributed by atoms with Gasteiger partial charge >= 0.3 is 0 Å². The van der Waals surface area contributed by atoms with Gasteiger partial charge in [0.05, 0.1) is 18.7 Å². The second-order valence-corrected chi connectivity index (χ2v) is 12.0. The van der Waals surface area contributed by atoms with Gasteiger partial charge in [-0.2, -0.15) is 0 Å². The number of carbonyl (C=O) groups excluding carboxylic acids is 3. The van der Waals surface area contributed by atoms with Crippen molar-refractivity contribution in [3.05, 3.63) is 53.6 Å². The molecule has 2 saturated heterocycles. The van der Waals surface area contributed by atoms with Crippen molar-refractivity contribution in [1.29, 1.82) is 0 Å². The van der Waals surface area contributed by atoms with Crippen LogP contribution in [0.15, 0.2) is 48.5 Å². The van der Waals surface area contributed by atoms with Crippen LogP contribution in [0.25, 0.3) is 0 Å². The number of thiocarbonyl (C=S) groups is 1. The maximum absolute atomic E-state index is 13.7. The first-order valence-electron chi connectivity index (χ1n) is 15.2.